The second-order valence-electron chi connectivity index (χ2n) is 6.19. The average molecular weight is 357 g/mol. The summed E-state index contributed by atoms with van der Waals surface area (Å²) in [6.07, 6.45) is -4.44. The summed E-state index contributed by atoms with van der Waals surface area (Å²) in [7, 11) is 0. The molecule has 0 aliphatic heterocycles. The molecule has 0 saturated carbocycles. The number of nitrogen functional groups attached to an aromatic ring is 1. The van der Waals surface area contributed by atoms with Crippen molar-refractivity contribution in [1.29, 1.82) is 0 Å². The zero-order valence-corrected chi connectivity index (χ0v) is 14.1. The Labute approximate surface area is 150 Å². The quantitative estimate of drug-likeness (QED) is 0.587. The van der Waals surface area contributed by atoms with Gasteiger partial charge in [0.05, 0.1) is 0 Å². The summed E-state index contributed by atoms with van der Waals surface area (Å²) < 4.78 is 47.4. The highest BCUT2D eigenvalue weighted by atomic mass is 19.4. The van der Waals surface area contributed by atoms with E-state index in [4.69, 9.17) is 10.5 Å². The Balaban J connectivity index is 1.94. The molecule has 0 aromatic heterocycles. The first-order valence-corrected chi connectivity index (χ1v) is 8.07. The molecular formula is C21H18F3NO. The lowest BCUT2D eigenvalue weighted by atomic mass is 9.75. The zero-order chi connectivity index (χ0) is 18.8. The van der Waals surface area contributed by atoms with Crippen molar-refractivity contribution in [3.8, 4) is 11.5 Å². The first-order chi connectivity index (χ1) is 12.3. The minimum Gasteiger partial charge on any atom is -0.457 e. The molecule has 0 aliphatic carbocycles. The fourth-order valence-corrected chi connectivity index (χ4v) is 2.84. The van der Waals surface area contributed by atoms with Crippen LogP contribution in [0.4, 0.5) is 18.9 Å². The minimum absolute atomic E-state index is 0.149. The molecule has 0 bridgehead atoms. The van der Waals surface area contributed by atoms with E-state index in [1.165, 1.54) is 43.3 Å². The lowest BCUT2D eigenvalue weighted by molar-refractivity contribution is -0.173. The molecule has 1 atom stereocenters. The molecule has 26 heavy (non-hydrogen) atoms. The third kappa shape index (κ3) is 3.38. The Morgan fingerprint density at radius 2 is 1.35 bits per heavy atom. The molecule has 0 amide bonds. The van der Waals surface area contributed by atoms with Crippen LogP contribution in [0.25, 0.3) is 0 Å². The number of nitrogens with two attached hydrogens (primary N) is 1. The van der Waals surface area contributed by atoms with E-state index in [1.807, 2.05) is 0 Å². The predicted molar refractivity (Wildman–Crippen MR) is 96.3 cm³/mol. The molecular weight excluding hydrogens is 339 g/mol. The molecule has 0 saturated heterocycles. The molecule has 0 radical (unpaired) electrons. The van der Waals surface area contributed by atoms with Crippen molar-refractivity contribution in [3.05, 3.63) is 90.0 Å². The third-order valence-electron chi connectivity index (χ3n) is 4.44. The van der Waals surface area contributed by atoms with E-state index in [0.29, 0.717) is 17.2 Å². The highest BCUT2D eigenvalue weighted by Crippen LogP contribution is 2.46. The van der Waals surface area contributed by atoms with Gasteiger partial charge in [-0.3, -0.25) is 0 Å². The summed E-state index contributed by atoms with van der Waals surface area (Å²) in [4.78, 5) is 0. The molecule has 1 unspecified atom stereocenters. The van der Waals surface area contributed by atoms with Crippen molar-refractivity contribution in [2.45, 2.75) is 18.5 Å². The van der Waals surface area contributed by atoms with Gasteiger partial charge in [-0.05, 0) is 42.3 Å². The number of hydrogen-bond acceptors (Lipinski definition) is 2. The Morgan fingerprint density at radius 1 is 0.731 bits per heavy atom. The van der Waals surface area contributed by atoms with Crippen LogP contribution in [0.15, 0.2) is 78.9 Å². The zero-order valence-electron chi connectivity index (χ0n) is 14.1. The van der Waals surface area contributed by atoms with Crippen molar-refractivity contribution < 1.29 is 17.9 Å². The van der Waals surface area contributed by atoms with Crippen molar-refractivity contribution in [2.24, 2.45) is 0 Å². The number of halogens is 3. The van der Waals surface area contributed by atoms with Crippen LogP contribution in [0, 0.1) is 0 Å². The number of ether oxygens (including phenoxy) is 1. The Bertz CT molecular complexity index is 876. The van der Waals surface area contributed by atoms with E-state index in [2.05, 4.69) is 0 Å². The highest BCUT2D eigenvalue weighted by molar-refractivity contribution is 5.46. The fourth-order valence-electron chi connectivity index (χ4n) is 2.84. The van der Waals surface area contributed by atoms with Crippen molar-refractivity contribution in [1.82, 2.24) is 0 Å². The number of anilines is 1. The summed E-state index contributed by atoms with van der Waals surface area (Å²) in [5, 5.41) is 0. The van der Waals surface area contributed by atoms with E-state index in [0.717, 1.165) is 0 Å². The molecule has 0 heterocycles. The second kappa shape index (κ2) is 6.75. The number of benzene rings is 3. The molecule has 0 spiro atoms. The van der Waals surface area contributed by atoms with Crippen LogP contribution in [0.2, 0.25) is 0 Å². The summed E-state index contributed by atoms with van der Waals surface area (Å²) in [5.74, 6) is 0.969. The number of rotatable bonds is 4. The predicted octanol–water partition coefficient (Wildman–Crippen LogP) is 5.93. The molecule has 0 aliphatic rings. The lowest BCUT2D eigenvalue weighted by Gasteiger charge is -2.33. The van der Waals surface area contributed by atoms with Crippen LogP contribution in [0.3, 0.4) is 0 Å². The number of hydrogen-bond donors (Lipinski definition) is 1. The molecule has 3 aromatic carbocycles. The maximum Gasteiger partial charge on any atom is 0.402 e. The Kier molecular flexibility index (Phi) is 4.64. The van der Waals surface area contributed by atoms with Crippen molar-refractivity contribution in [3.63, 3.8) is 0 Å². The van der Waals surface area contributed by atoms with Crippen LogP contribution in [-0.4, -0.2) is 6.18 Å². The third-order valence-corrected chi connectivity index (χ3v) is 4.44. The smallest absolute Gasteiger partial charge is 0.402 e. The van der Waals surface area contributed by atoms with Gasteiger partial charge in [0.1, 0.15) is 16.9 Å². The van der Waals surface area contributed by atoms with E-state index in [1.54, 1.807) is 42.5 Å². The highest BCUT2D eigenvalue weighted by Gasteiger charge is 2.53. The molecule has 2 N–H and O–H groups in total. The van der Waals surface area contributed by atoms with Gasteiger partial charge >= 0.3 is 6.18 Å². The van der Waals surface area contributed by atoms with E-state index in [-0.39, 0.29) is 11.1 Å². The second-order valence-corrected chi connectivity index (χ2v) is 6.19. The van der Waals surface area contributed by atoms with E-state index in [9.17, 15) is 13.2 Å². The van der Waals surface area contributed by atoms with Gasteiger partial charge in [-0.25, -0.2) is 0 Å². The van der Waals surface area contributed by atoms with Crippen LogP contribution in [-0.2, 0) is 5.41 Å². The van der Waals surface area contributed by atoms with Gasteiger partial charge in [0.15, 0.2) is 0 Å². The largest absolute Gasteiger partial charge is 0.457 e. The minimum atomic E-state index is -4.44. The van der Waals surface area contributed by atoms with Crippen LogP contribution < -0.4 is 10.5 Å². The summed E-state index contributed by atoms with van der Waals surface area (Å²) in [6, 6.07) is 20.7. The Hall–Kier alpha value is -2.95. The SMILES string of the molecule is CC(c1ccccc1)(c1ccc(Oc2cccc(N)c2)cc1)C(F)(F)F. The average Bonchev–Trinajstić information content (AvgIpc) is 2.61. The van der Waals surface area contributed by atoms with Gasteiger partial charge in [0.25, 0.3) is 0 Å². The topological polar surface area (TPSA) is 35.2 Å². The number of alkyl halides is 3. The van der Waals surface area contributed by atoms with E-state index >= 15 is 0 Å². The van der Waals surface area contributed by atoms with Gasteiger partial charge in [-0.1, -0.05) is 48.5 Å². The summed E-state index contributed by atoms with van der Waals surface area (Å²) >= 11 is 0. The monoisotopic (exact) mass is 357 g/mol. The van der Waals surface area contributed by atoms with E-state index < -0.39 is 11.6 Å². The van der Waals surface area contributed by atoms with Crippen molar-refractivity contribution >= 4 is 5.69 Å². The molecule has 3 rings (SSSR count). The summed E-state index contributed by atoms with van der Waals surface area (Å²) in [5.41, 5.74) is 4.48. The van der Waals surface area contributed by atoms with Gasteiger partial charge in [0, 0.05) is 11.8 Å². The van der Waals surface area contributed by atoms with Gasteiger partial charge in [-0.2, -0.15) is 13.2 Å². The maximum absolute atomic E-state index is 13.9. The standard InChI is InChI=1S/C21H18F3NO/c1-20(21(22,23)24,15-6-3-2-4-7-15)16-10-12-18(13-11-16)26-19-9-5-8-17(25)14-19/h2-14H,25H2,1H3. The van der Waals surface area contributed by atoms with Crippen molar-refractivity contribution in [2.75, 3.05) is 5.73 Å². The molecule has 0 fully saturated rings. The first kappa shape index (κ1) is 17.9. The lowest BCUT2D eigenvalue weighted by Crippen LogP contribution is -2.40. The van der Waals surface area contributed by atoms with Gasteiger partial charge in [0.2, 0.25) is 0 Å². The molecule has 2 nitrogen and oxygen atoms in total. The maximum atomic E-state index is 13.9. The first-order valence-electron chi connectivity index (χ1n) is 8.07. The fraction of sp³-hybridized carbons (Fsp3) is 0.143. The summed E-state index contributed by atoms with van der Waals surface area (Å²) in [6.45, 7) is 1.19. The van der Waals surface area contributed by atoms with Gasteiger partial charge < -0.3 is 10.5 Å². The molecule has 134 valence electrons. The van der Waals surface area contributed by atoms with Crippen LogP contribution >= 0.6 is 0 Å². The normalized spacial score (nSPS) is 13.8. The van der Waals surface area contributed by atoms with Crippen LogP contribution in [0.5, 0.6) is 11.5 Å². The molecule has 3 aromatic rings. The molecule has 5 heteroatoms. The van der Waals surface area contributed by atoms with Crippen LogP contribution in [0.1, 0.15) is 18.1 Å². The van der Waals surface area contributed by atoms with Gasteiger partial charge in [-0.15, -0.1) is 0 Å². The Morgan fingerprint density at radius 3 is 1.92 bits per heavy atom.